The maximum absolute atomic E-state index is 13.9. The first-order chi connectivity index (χ1) is 10.1. The second kappa shape index (κ2) is 6.85. The lowest BCUT2D eigenvalue weighted by atomic mass is 9.99. The molecule has 6 heteroatoms. The van der Waals surface area contributed by atoms with E-state index in [1.807, 2.05) is 0 Å². The molecule has 21 heavy (non-hydrogen) atoms. The van der Waals surface area contributed by atoms with Gasteiger partial charge >= 0.3 is 0 Å². The number of halogens is 3. The fourth-order valence-electron chi connectivity index (χ4n) is 2.10. The highest BCUT2D eigenvalue weighted by Gasteiger charge is 2.16. The molecule has 1 unspecified atom stereocenters. The molecule has 0 bridgehead atoms. The van der Waals surface area contributed by atoms with Gasteiger partial charge in [0.1, 0.15) is 5.82 Å². The molecule has 0 radical (unpaired) electrons. The monoisotopic (exact) mass is 312 g/mol. The van der Waals surface area contributed by atoms with Crippen molar-refractivity contribution in [2.24, 2.45) is 5.84 Å². The third-order valence-corrected chi connectivity index (χ3v) is 3.53. The van der Waals surface area contributed by atoms with Crippen molar-refractivity contribution in [3.63, 3.8) is 0 Å². The fourth-order valence-corrected chi connectivity index (χ4v) is 2.29. The molecule has 0 amide bonds. The summed E-state index contributed by atoms with van der Waals surface area (Å²) in [5.41, 5.74) is 3.56. The van der Waals surface area contributed by atoms with E-state index in [0.717, 1.165) is 0 Å². The Hall–Kier alpha value is -1.69. The van der Waals surface area contributed by atoms with Crippen LogP contribution >= 0.6 is 11.6 Å². The van der Waals surface area contributed by atoms with Crippen LogP contribution in [0.5, 0.6) is 5.75 Å². The summed E-state index contributed by atoms with van der Waals surface area (Å²) in [4.78, 5) is 0. The topological polar surface area (TPSA) is 47.3 Å². The minimum absolute atomic E-state index is 0.0455. The largest absolute Gasteiger partial charge is 0.494 e. The van der Waals surface area contributed by atoms with Crippen LogP contribution in [0.3, 0.4) is 0 Å². The van der Waals surface area contributed by atoms with E-state index in [1.165, 1.54) is 25.3 Å². The van der Waals surface area contributed by atoms with Gasteiger partial charge in [0.25, 0.3) is 0 Å². The van der Waals surface area contributed by atoms with Crippen LogP contribution in [0.15, 0.2) is 36.4 Å². The number of nitrogens with one attached hydrogen (secondary N) is 1. The summed E-state index contributed by atoms with van der Waals surface area (Å²) in [7, 11) is 1.39. The van der Waals surface area contributed by atoms with E-state index < -0.39 is 17.7 Å². The Morgan fingerprint density at radius 2 is 2.05 bits per heavy atom. The summed E-state index contributed by atoms with van der Waals surface area (Å²) in [6.07, 6.45) is 0.245. The van der Waals surface area contributed by atoms with Gasteiger partial charge < -0.3 is 4.74 Å². The van der Waals surface area contributed by atoms with E-state index in [4.69, 9.17) is 22.2 Å². The van der Waals surface area contributed by atoms with Gasteiger partial charge in [-0.3, -0.25) is 11.3 Å². The number of rotatable bonds is 5. The fraction of sp³-hybridized carbons (Fsp3) is 0.200. The average Bonchev–Trinajstić information content (AvgIpc) is 2.48. The van der Waals surface area contributed by atoms with Crippen LogP contribution < -0.4 is 16.0 Å². The predicted molar refractivity (Wildman–Crippen MR) is 78.1 cm³/mol. The number of hydrogen-bond donors (Lipinski definition) is 2. The van der Waals surface area contributed by atoms with Crippen LogP contribution in [0.2, 0.25) is 5.02 Å². The summed E-state index contributed by atoms with van der Waals surface area (Å²) in [6.45, 7) is 0. The standard InChI is InChI=1S/C15H15ClF2N2O/c1-21-14-6-5-9(7-12(14)17)13(20-19)8-10-3-2-4-11(16)15(10)18/h2-7,13,20H,8,19H2,1H3. The van der Waals surface area contributed by atoms with Gasteiger partial charge in [0.15, 0.2) is 11.6 Å². The summed E-state index contributed by atoms with van der Waals surface area (Å²) in [6, 6.07) is 8.79. The molecule has 0 aliphatic heterocycles. The second-order valence-corrected chi connectivity index (χ2v) is 4.94. The lowest BCUT2D eigenvalue weighted by molar-refractivity contribution is 0.385. The van der Waals surface area contributed by atoms with Crippen LogP contribution in [-0.2, 0) is 6.42 Å². The molecule has 2 rings (SSSR count). The van der Waals surface area contributed by atoms with Crippen LogP contribution in [-0.4, -0.2) is 7.11 Å². The number of ether oxygens (including phenoxy) is 1. The van der Waals surface area contributed by atoms with Crippen molar-refractivity contribution >= 4 is 11.6 Å². The van der Waals surface area contributed by atoms with E-state index in [2.05, 4.69) is 5.43 Å². The molecule has 0 spiro atoms. The summed E-state index contributed by atoms with van der Waals surface area (Å²) >= 11 is 5.75. The second-order valence-electron chi connectivity index (χ2n) is 4.53. The van der Waals surface area contributed by atoms with Gasteiger partial charge in [0.2, 0.25) is 0 Å². The van der Waals surface area contributed by atoms with E-state index in [-0.39, 0.29) is 17.2 Å². The Labute approximate surface area is 126 Å². The first-order valence-corrected chi connectivity index (χ1v) is 6.67. The molecule has 0 heterocycles. The molecule has 0 saturated carbocycles. The zero-order valence-corrected chi connectivity index (χ0v) is 12.1. The van der Waals surface area contributed by atoms with E-state index in [1.54, 1.807) is 18.2 Å². The number of methoxy groups -OCH3 is 1. The van der Waals surface area contributed by atoms with Gasteiger partial charge in [-0.1, -0.05) is 29.8 Å². The van der Waals surface area contributed by atoms with Gasteiger partial charge in [-0.15, -0.1) is 0 Å². The normalized spacial score (nSPS) is 12.2. The third kappa shape index (κ3) is 3.50. The Bertz CT molecular complexity index is 637. The summed E-state index contributed by atoms with van der Waals surface area (Å²) in [5.74, 6) is 4.65. The zero-order valence-electron chi connectivity index (χ0n) is 11.4. The van der Waals surface area contributed by atoms with Gasteiger partial charge in [-0.2, -0.15) is 0 Å². The molecule has 2 aromatic rings. The van der Waals surface area contributed by atoms with Gasteiger partial charge in [0.05, 0.1) is 18.2 Å². The first kappa shape index (κ1) is 15.7. The maximum Gasteiger partial charge on any atom is 0.165 e. The molecule has 1 atom stereocenters. The van der Waals surface area contributed by atoms with Crippen molar-refractivity contribution in [3.8, 4) is 5.75 Å². The van der Waals surface area contributed by atoms with Crippen LogP contribution in [0.25, 0.3) is 0 Å². The minimum Gasteiger partial charge on any atom is -0.494 e. The molecule has 0 aliphatic rings. The van der Waals surface area contributed by atoms with Gasteiger partial charge in [0, 0.05) is 0 Å². The molecule has 2 aromatic carbocycles. The van der Waals surface area contributed by atoms with Crippen molar-refractivity contribution in [1.82, 2.24) is 5.43 Å². The molecule has 3 N–H and O–H groups in total. The van der Waals surface area contributed by atoms with Crippen molar-refractivity contribution in [3.05, 3.63) is 64.2 Å². The first-order valence-electron chi connectivity index (χ1n) is 6.29. The Balaban J connectivity index is 2.28. The predicted octanol–water partition coefficient (Wildman–Crippen LogP) is 3.37. The van der Waals surface area contributed by atoms with E-state index in [9.17, 15) is 8.78 Å². The molecule has 0 aromatic heterocycles. The molecule has 112 valence electrons. The molecular weight excluding hydrogens is 298 g/mol. The summed E-state index contributed by atoms with van der Waals surface area (Å²) < 4.78 is 32.5. The quantitative estimate of drug-likeness (QED) is 0.657. The molecule has 3 nitrogen and oxygen atoms in total. The van der Waals surface area contributed by atoms with Crippen LogP contribution in [0.4, 0.5) is 8.78 Å². The number of hydrogen-bond acceptors (Lipinski definition) is 3. The average molecular weight is 313 g/mol. The SMILES string of the molecule is COc1ccc(C(Cc2cccc(Cl)c2F)NN)cc1F. The van der Waals surface area contributed by atoms with Gasteiger partial charge in [-0.25, -0.2) is 8.78 Å². The smallest absolute Gasteiger partial charge is 0.165 e. The number of nitrogens with two attached hydrogens (primary N) is 1. The third-order valence-electron chi connectivity index (χ3n) is 3.24. The Morgan fingerprint density at radius 3 is 2.67 bits per heavy atom. The van der Waals surface area contributed by atoms with E-state index in [0.29, 0.717) is 11.1 Å². The minimum atomic E-state index is -0.498. The summed E-state index contributed by atoms with van der Waals surface area (Å²) in [5, 5.41) is 0.0455. The molecular formula is C15H15ClF2N2O. The highest BCUT2D eigenvalue weighted by Crippen LogP contribution is 2.26. The Kier molecular flexibility index (Phi) is 5.12. The highest BCUT2D eigenvalue weighted by molar-refractivity contribution is 6.30. The maximum atomic E-state index is 13.9. The molecule has 0 saturated heterocycles. The molecule has 0 aliphatic carbocycles. The lowest BCUT2D eigenvalue weighted by Crippen LogP contribution is -2.30. The number of hydrazine groups is 1. The van der Waals surface area contributed by atoms with Crippen molar-refractivity contribution in [1.29, 1.82) is 0 Å². The van der Waals surface area contributed by atoms with Crippen molar-refractivity contribution in [2.45, 2.75) is 12.5 Å². The number of benzene rings is 2. The zero-order chi connectivity index (χ0) is 15.4. The lowest BCUT2D eigenvalue weighted by Gasteiger charge is -2.18. The van der Waals surface area contributed by atoms with Gasteiger partial charge in [-0.05, 0) is 35.7 Å². The van der Waals surface area contributed by atoms with Crippen LogP contribution in [0.1, 0.15) is 17.2 Å². The van der Waals surface area contributed by atoms with Crippen molar-refractivity contribution in [2.75, 3.05) is 7.11 Å². The Morgan fingerprint density at radius 1 is 1.29 bits per heavy atom. The van der Waals surface area contributed by atoms with E-state index >= 15 is 0 Å². The van der Waals surface area contributed by atoms with Crippen molar-refractivity contribution < 1.29 is 13.5 Å². The molecule has 0 fully saturated rings. The van der Waals surface area contributed by atoms with Crippen LogP contribution in [0, 0.1) is 11.6 Å². The highest BCUT2D eigenvalue weighted by atomic mass is 35.5.